The van der Waals surface area contributed by atoms with Crippen LogP contribution < -0.4 is 5.32 Å². The number of aryl methyl sites for hydroxylation is 3. The molecule has 0 aliphatic carbocycles. The summed E-state index contributed by atoms with van der Waals surface area (Å²) in [7, 11) is 0. The molecule has 1 amide bonds. The Bertz CT molecular complexity index is 1080. The highest BCUT2D eigenvalue weighted by atomic mass is 35.5. The van der Waals surface area contributed by atoms with Gasteiger partial charge in [-0.1, -0.05) is 29.3 Å². The van der Waals surface area contributed by atoms with E-state index < -0.39 is 18.5 Å². The summed E-state index contributed by atoms with van der Waals surface area (Å²) >= 11 is 12.2. The highest BCUT2D eigenvalue weighted by Crippen LogP contribution is 2.32. The summed E-state index contributed by atoms with van der Waals surface area (Å²) in [5.74, 6) is -1.14. The van der Waals surface area contributed by atoms with Gasteiger partial charge in [0, 0.05) is 5.69 Å². The number of halogens is 2. The molecule has 1 heterocycles. The lowest BCUT2D eigenvalue weighted by molar-refractivity contribution is -0.119. The van der Waals surface area contributed by atoms with E-state index in [0.717, 1.165) is 22.6 Å². The molecule has 8 heteroatoms. The van der Waals surface area contributed by atoms with Crippen LogP contribution in [0.25, 0.3) is 5.69 Å². The number of nitrogens with zero attached hydrogens (tertiary/aromatic N) is 2. The van der Waals surface area contributed by atoms with Crippen molar-refractivity contribution in [3.05, 3.63) is 75.0 Å². The summed E-state index contributed by atoms with van der Waals surface area (Å²) in [4.78, 5) is 24.4. The monoisotopic (exact) mass is 431 g/mol. The molecular formula is C21H19Cl2N3O3. The molecule has 0 radical (unpaired) electrons. The van der Waals surface area contributed by atoms with Crippen molar-refractivity contribution in [2.45, 2.75) is 20.8 Å². The topological polar surface area (TPSA) is 73.2 Å². The van der Waals surface area contributed by atoms with Crippen molar-refractivity contribution in [3.63, 3.8) is 0 Å². The Kier molecular flexibility index (Phi) is 6.25. The van der Waals surface area contributed by atoms with Gasteiger partial charge in [-0.15, -0.1) is 0 Å². The number of ether oxygens (including phenoxy) is 1. The molecule has 0 unspecified atom stereocenters. The second kappa shape index (κ2) is 8.68. The van der Waals surface area contributed by atoms with Gasteiger partial charge in [0.25, 0.3) is 5.91 Å². The molecule has 0 atom stereocenters. The number of hydrogen-bond donors (Lipinski definition) is 1. The molecule has 2 aromatic carbocycles. The van der Waals surface area contributed by atoms with E-state index in [4.69, 9.17) is 27.9 Å². The van der Waals surface area contributed by atoms with Gasteiger partial charge >= 0.3 is 5.97 Å². The summed E-state index contributed by atoms with van der Waals surface area (Å²) in [5, 5.41) is 7.62. The first-order valence-corrected chi connectivity index (χ1v) is 9.57. The maximum absolute atomic E-state index is 12.2. The largest absolute Gasteiger partial charge is 0.452 e. The van der Waals surface area contributed by atoms with Crippen molar-refractivity contribution >= 4 is 40.8 Å². The molecular weight excluding hydrogens is 413 g/mol. The Morgan fingerprint density at radius 1 is 1.07 bits per heavy atom. The summed E-state index contributed by atoms with van der Waals surface area (Å²) < 4.78 is 6.87. The predicted octanol–water partition coefficient (Wildman–Crippen LogP) is 4.90. The first-order chi connectivity index (χ1) is 13.8. The summed E-state index contributed by atoms with van der Waals surface area (Å²) in [6, 6.07) is 12.1. The van der Waals surface area contributed by atoms with Crippen LogP contribution >= 0.6 is 23.2 Å². The zero-order valence-corrected chi connectivity index (χ0v) is 17.6. The van der Waals surface area contributed by atoms with Crippen molar-refractivity contribution in [2.75, 3.05) is 11.9 Å². The summed E-state index contributed by atoms with van der Waals surface area (Å²) in [6.45, 7) is 5.20. The third kappa shape index (κ3) is 4.78. The van der Waals surface area contributed by atoms with Crippen molar-refractivity contribution in [2.24, 2.45) is 0 Å². The predicted molar refractivity (Wildman–Crippen MR) is 113 cm³/mol. The van der Waals surface area contributed by atoms with Crippen LogP contribution in [0.5, 0.6) is 0 Å². The number of amides is 1. The molecule has 150 valence electrons. The minimum absolute atomic E-state index is 0.295. The van der Waals surface area contributed by atoms with E-state index in [1.54, 1.807) is 48.0 Å². The standard InChI is InChI=1S/C21H19Cl2N3O3/c1-12-4-9-17(22)20(19(12)23)24-18(27)11-29-21(28)15-5-7-16(8-6-15)26-14(3)10-13(2)25-26/h4-10H,11H2,1-3H3,(H,24,27). The molecule has 0 spiro atoms. The maximum Gasteiger partial charge on any atom is 0.338 e. The Morgan fingerprint density at radius 2 is 1.76 bits per heavy atom. The molecule has 3 aromatic rings. The molecule has 0 saturated heterocycles. The molecule has 0 aliphatic heterocycles. The summed E-state index contributed by atoms with van der Waals surface area (Å²) in [6.07, 6.45) is 0. The van der Waals surface area contributed by atoms with E-state index in [9.17, 15) is 9.59 Å². The average Bonchev–Trinajstić information content (AvgIpc) is 3.04. The SMILES string of the molecule is Cc1cc(C)n(-c2ccc(C(=O)OCC(=O)Nc3c(Cl)ccc(C)c3Cl)cc2)n1. The van der Waals surface area contributed by atoms with Crippen LogP contribution in [-0.4, -0.2) is 28.3 Å². The quantitative estimate of drug-likeness (QED) is 0.582. The van der Waals surface area contributed by atoms with E-state index >= 15 is 0 Å². The van der Waals surface area contributed by atoms with Crippen LogP contribution in [-0.2, 0) is 9.53 Å². The van der Waals surface area contributed by atoms with E-state index in [1.807, 2.05) is 19.9 Å². The van der Waals surface area contributed by atoms with Crippen molar-refractivity contribution < 1.29 is 14.3 Å². The molecule has 6 nitrogen and oxygen atoms in total. The number of esters is 1. The second-order valence-corrected chi connectivity index (χ2v) is 7.35. The Hall–Kier alpha value is -2.83. The minimum atomic E-state index is -0.610. The molecule has 0 saturated carbocycles. The van der Waals surface area contributed by atoms with Gasteiger partial charge < -0.3 is 10.1 Å². The zero-order chi connectivity index (χ0) is 21.1. The van der Waals surface area contributed by atoms with Crippen molar-refractivity contribution in [1.29, 1.82) is 0 Å². The van der Waals surface area contributed by atoms with Gasteiger partial charge in [-0.25, -0.2) is 9.48 Å². The number of nitrogens with one attached hydrogen (secondary N) is 1. The number of carbonyl (C=O) groups is 2. The van der Waals surface area contributed by atoms with Crippen LogP contribution in [0, 0.1) is 20.8 Å². The first kappa shape index (κ1) is 20.9. The van der Waals surface area contributed by atoms with Crippen molar-refractivity contribution in [3.8, 4) is 5.69 Å². The van der Waals surface area contributed by atoms with E-state index in [2.05, 4.69) is 10.4 Å². The van der Waals surface area contributed by atoms with Crippen LogP contribution in [0.1, 0.15) is 27.3 Å². The molecule has 1 N–H and O–H groups in total. The number of carbonyl (C=O) groups excluding carboxylic acids is 2. The van der Waals surface area contributed by atoms with Gasteiger partial charge in [-0.05, 0) is 62.7 Å². The van der Waals surface area contributed by atoms with Gasteiger partial charge in [0.05, 0.1) is 32.7 Å². The third-order valence-electron chi connectivity index (χ3n) is 4.24. The smallest absolute Gasteiger partial charge is 0.338 e. The van der Waals surface area contributed by atoms with E-state index in [0.29, 0.717) is 21.3 Å². The van der Waals surface area contributed by atoms with Crippen LogP contribution in [0.15, 0.2) is 42.5 Å². The average molecular weight is 432 g/mol. The molecule has 0 bridgehead atoms. The normalized spacial score (nSPS) is 10.7. The highest BCUT2D eigenvalue weighted by Gasteiger charge is 2.15. The number of rotatable bonds is 5. The van der Waals surface area contributed by atoms with Crippen LogP contribution in [0.3, 0.4) is 0 Å². The fourth-order valence-corrected chi connectivity index (χ4v) is 3.26. The highest BCUT2D eigenvalue weighted by molar-refractivity contribution is 6.40. The Balaban J connectivity index is 1.61. The minimum Gasteiger partial charge on any atom is -0.452 e. The van der Waals surface area contributed by atoms with E-state index in [-0.39, 0.29) is 0 Å². The van der Waals surface area contributed by atoms with Gasteiger partial charge in [0.15, 0.2) is 6.61 Å². The number of anilines is 1. The van der Waals surface area contributed by atoms with Crippen LogP contribution in [0.2, 0.25) is 10.0 Å². The number of hydrogen-bond acceptors (Lipinski definition) is 4. The third-order valence-corrected chi connectivity index (χ3v) is 5.04. The van der Waals surface area contributed by atoms with Gasteiger partial charge in [0.2, 0.25) is 0 Å². The fraction of sp³-hybridized carbons (Fsp3) is 0.190. The molecule has 29 heavy (non-hydrogen) atoms. The number of benzene rings is 2. The van der Waals surface area contributed by atoms with Crippen LogP contribution in [0.4, 0.5) is 5.69 Å². The molecule has 0 fully saturated rings. The summed E-state index contributed by atoms with van der Waals surface area (Å²) in [5.41, 5.74) is 4.12. The fourth-order valence-electron chi connectivity index (χ4n) is 2.79. The van der Waals surface area contributed by atoms with E-state index in [1.165, 1.54) is 0 Å². The second-order valence-electron chi connectivity index (χ2n) is 6.56. The molecule has 0 aliphatic rings. The van der Waals surface area contributed by atoms with Gasteiger partial charge in [-0.2, -0.15) is 5.10 Å². The molecule has 3 rings (SSSR count). The Labute approximate surface area is 178 Å². The first-order valence-electron chi connectivity index (χ1n) is 8.81. The lowest BCUT2D eigenvalue weighted by Gasteiger charge is -2.11. The lowest BCUT2D eigenvalue weighted by atomic mass is 10.2. The maximum atomic E-state index is 12.2. The van der Waals surface area contributed by atoms with Crippen molar-refractivity contribution in [1.82, 2.24) is 9.78 Å². The molecule has 1 aromatic heterocycles. The zero-order valence-electron chi connectivity index (χ0n) is 16.1. The number of aromatic nitrogens is 2. The van der Waals surface area contributed by atoms with Gasteiger partial charge in [0.1, 0.15) is 0 Å². The Morgan fingerprint density at radius 3 is 2.38 bits per heavy atom. The van der Waals surface area contributed by atoms with Gasteiger partial charge in [-0.3, -0.25) is 4.79 Å². The lowest BCUT2D eigenvalue weighted by Crippen LogP contribution is -2.21.